The summed E-state index contributed by atoms with van der Waals surface area (Å²) in [7, 11) is 0.0609. The van der Waals surface area contributed by atoms with Gasteiger partial charge in [-0.2, -0.15) is 0 Å². The van der Waals surface area contributed by atoms with Gasteiger partial charge in [-0.25, -0.2) is 0 Å². The molecule has 0 rings (SSSR count). The summed E-state index contributed by atoms with van der Waals surface area (Å²) in [6.07, 6.45) is 0. The van der Waals surface area contributed by atoms with Crippen molar-refractivity contribution in [3.63, 3.8) is 0 Å². The lowest BCUT2D eigenvalue weighted by Gasteiger charge is -2.19. The number of hydrogen-bond acceptors (Lipinski definition) is 3. The number of azide groups is 1. The van der Waals surface area contributed by atoms with E-state index in [2.05, 4.69) is 29.7 Å². The van der Waals surface area contributed by atoms with Crippen molar-refractivity contribution in [2.75, 3.05) is 20.3 Å². The van der Waals surface area contributed by atoms with Gasteiger partial charge in [0.15, 0.2) is 8.32 Å². The van der Waals surface area contributed by atoms with Gasteiger partial charge in [-0.1, -0.05) is 5.11 Å². The first-order valence-corrected chi connectivity index (χ1v) is 7.57. The normalized spacial score (nSPS) is 13.5. The minimum atomic E-state index is -1.52. The van der Waals surface area contributed by atoms with Gasteiger partial charge in [0, 0.05) is 18.6 Å². The molecule has 0 saturated carbocycles. The molecule has 6 heteroatoms. The molecule has 0 bridgehead atoms. The Morgan fingerprint density at radius 2 is 2.00 bits per heavy atom. The van der Waals surface area contributed by atoms with Crippen molar-refractivity contribution in [3.8, 4) is 0 Å². The maximum Gasteiger partial charge on any atom is 0.183 e. The fraction of sp³-hybridized carbons (Fsp3) is 1.00. The van der Waals surface area contributed by atoms with E-state index in [-0.39, 0.29) is 6.04 Å². The molecule has 0 radical (unpaired) electrons. The lowest BCUT2D eigenvalue weighted by Crippen LogP contribution is -2.31. The Labute approximate surface area is 79.8 Å². The van der Waals surface area contributed by atoms with E-state index in [1.807, 2.05) is 0 Å². The largest absolute Gasteiger partial charge is 0.417 e. The standard InChI is InChI=1S/C7H17N3O2Si/c1-11-5-7(9-10-8)6-12-13(2,3)4/h7H,5-6H2,1-4H3. The summed E-state index contributed by atoms with van der Waals surface area (Å²) >= 11 is 0. The SMILES string of the molecule is COCC(CO[Si](C)(C)C)N=[N+]=[N-]. The first kappa shape index (κ1) is 12.4. The second kappa shape index (κ2) is 5.99. The van der Waals surface area contributed by atoms with Gasteiger partial charge in [0.25, 0.3) is 0 Å². The molecule has 0 aromatic carbocycles. The molecule has 0 fully saturated rings. The predicted molar refractivity (Wildman–Crippen MR) is 54.1 cm³/mol. The Hall–Kier alpha value is -0.553. The molecule has 13 heavy (non-hydrogen) atoms. The van der Waals surface area contributed by atoms with Crippen LogP contribution in [0.3, 0.4) is 0 Å². The first-order valence-electron chi connectivity index (χ1n) is 4.16. The van der Waals surface area contributed by atoms with Gasteiger partial charge in [0.05, 0.1) is 12.6 Å². The van der Waals surface area contributed by atoms with Crippen molar-refractivity contribution >= 4 is 8.32 Å². The van der Waals surface area contributed by atoms with Crippen LogP contribution in [0, 0.1) is 0 Å². The Morgan fingerprint density at radius 3 is 2.38 bits per heavy atom. The Balaban J connectivity index is 3.89. The third-order valence-corrected chi connectivity index (χ3v) is 2.32. The van der Waals surface area contributed by atoms with Crippen LogP contribution >= 0.6 is 0 Å². The van der Waals surface area contributed by atoms with Crippen molar-refractivity contribution in [3.05, 3.63) is 10.4 Å². The minimum Gasteiger partial charge on any atom is -0.417 e. The number of hydrogen-bond donors (Lipinski definition) is 0. The maximum absolute atomic E-state index is 8.25. The molecule has 0 spiro atoms. The van der Waals surface area contributed by atoms with Crippen LogP contribution in [0.1, 0.15) is 0 Å². The molecule has 0 aliphatic carbocycles. The van der Waals surface area contributed by atoms with Gasteiger partial charge < -0.3 is 9.16 Å². The van der Waals surface area contributed by atoms with E-state index in [9.17, 15) is 0 Å². The summed E-state index contributed by atoms with van der Waals surface area (Å²) in [5.74, 6) is 0. The first-order chi connectivity index (χ1) is 5.99. The number of ether oxygens (including phenoxy) is 1. The van der Waals surface area contributed by atoms with E-state index in [0.717, 1.165) is 0 Å². The highest BCUT2D eigenvalue weighted by Crippen LogP contribution is 2.05. The number of nitrogens with zero attached hydrogens (tertiary/aromatic N) is 3. The topological polar surface area (TPSA) is 67.2 Å². The minimum absolute atomic E-state index is 0.207. The molecule has 0 amide bonds. The summed E-state index contributed by atoms with van der Waals surface area (Å²) in [4.78, 5) is 2.74. The summed E-state index contributed by atoms with van der Waals surface area (Å²) in [5.41, 5.74) is 8.25. The van der Waals surface area contributed by atoms with Gasteiger partial charge in [0.2, 0.25) is 0 Å². The molecular weight excluding hydrogens is 186 g/mol. The summed E-state index contributed by atoms with van der Waals surface area (Å²) in [6.45, 7) is 7.13. The molecule has 0 saturated heterocycles. The van der Waals surface area contributed by atoms with Gasteiger partial charge in [-0.05, 0) is 25.2 Å². The van der Waals surface area contributed by atoms with Crippen LogP contribution in [0.25, 0.3) is 10.4 Å². The summed E-state index contributed by atoms with van der Waals surface area (Å²) in [5, 5.41) is 3.57. The lowest BCUT2D eigenvalue weighted by molar-refractivity contribution is 0.151. The van der Waals surface area contributed by atoms with Crippen LogP contribution in [-0.4, -0.2) is 34.7 Å². The van der Waals surface area contributed by atoms with Crippen molar-refractivity contribution in [2.45, 2.75) is 25.7 Å². The lowest BCUT2D eigenvalue weighted by atomic mass is 10.4. The van der Waals surface area contributed by atoms with Crippen LogP contribution in [0.15, 0.2) is 5.11 Å². The van der Waals surface area contributed by atoms with Crippen molar-refractivity contribution < 1.29 is 9.16 Å². The molecule has 1 unspecified atom stereocenters. The predicted octanol–water partition coefficient (Wildman–Crippen LogP) is 2.16. The maximum atomic E-state index is 8.25. The molecule has 0 aromatic rings. The Bertz CT molecular complexity index is 187. The Morgan fingerprint density at radius 1 is 1.38 bits per heavy atom. The molecule has 0 aromatic heterocycles. The molecular formula is C7H17N3O2Si. The molecule has 0 heterocycles. The number of rotatable bonds is 6. The van der Waals surface area contributed by atoms with E-state index in [1.165, 1.54) is 0 Å². The Kier molecular flexibility index (Phi) is 5.73. The highest BCUT2D eigenvalue weighted by molar-refractivity contribution is 6.69. The van der Waals surface area contributed by atoms with E-state index in [0.29, 0.717) is 13.2 Å². The smallest absolute Gasteiger partial charge is 0.183 e. The fourth-order valence-electron chi connectivity index (χ4n) is 0.726. The van der Waals surface area contributed by atoms with Crippen molar-refractivity contribution in [2.24, 2.45) is 5.11 Å². The highest BCUT2D eigenvalue weighted by atomic mass is 28.4. The zero-order valence-electron chi connectivity index (χ0n) is 8.65. The highest BCUT2D eigenvalue weighted by Gasteiger charge is 2.16. The molecule has 1 atom stereocenters. The monoisotopic (exact) mass is 203 g/mol. The third-order valence-electron chi connectivity index (χ3n) is 1.28. The van der Waals surface area contributed by atoms with Crippen LogP contribution in [-0.2, 0) is 9.16 Å². The molecule has 5 nitrogen and oxygen atoms in total. The van der Waals surface area contributed by atoms with Gasteiger partial charge in [-0.3, -0.25) is 0 Å². The summed E-state index contributed by atoms with van der Waals surface area (Å²) in [6, 6.07) is -0.207. The van der Waals surface area contributed by atoms with E-state index >= 15 is 0 Å². The molecule has 0 N–H and O–H groups in total. The van der Waals surface area contributed by atoms with Crippen LogP contribution in [0.4, 0.5) is 0 Å². The van der Waals surface area contributed by atoms with E-state index in [4.69, 9.17) is 14.7 Å². The van der Waals surface area contributed by atoms with Crippen molar-refractivity contribution in [1.29, 1.82) is 0 Å². The average Bonchev–Trinajstić information content (AvgIpc) is 2.00. The van der Waals surface area contributed by atoms with Crippen LogP contribution in [0.5, 0.6) is 0 Å². The fourth-order valence-corrected chi connectivity index (χ4v) is 1.42. The number of methoxy groups -OCH3 is 1. The van der Waals surface area contributed by atoms with Crippen LogP contribution in [0.2, 0.25) is 19.6 Å². The average molecular weight is 203 g/mol. The van der Waals surface area contributed by atoms with Crippen molar-refractivity contribution in [1.82, 2.24) is 0 Å². The van der Waals surface area contributed by atoms with E-state index < -0.39 is 8.32 Å². The second-order valence-electron chi connectivity index (χ2n) is 3.74. The molecule has 76 valence electrons. The second-order valence-corrected chi connectivity index (χ2v) is 8.25. The zero-order valence-corrected chi connectivity index (χ0v) is 9.65. The van der Waals surface area contributed by atoms with Gasteiger partial charge in [0.1, 0.15) is 0 Å². The van der Waals surface area contributed by atoms with Gasteiger partial charge >= 0.3 is 0 Å². The third kappa shape index (κ3) is 7.80. The van der Waals surface area contributed by atoms with Gasteiger partial charge in [-0.15, -0.1) is 0 Å². The molecule has 0 aliphatic rings. The van der Waals surface area contributed by atoms with E-state index in [1.54, 1.807) is 7.11 Å². The summed E-state index contributed by atoms with van der Waals surface area (Å²) < 4.78 is 10.5. The van der Waals surface area contributed by atoms with Crippen LogP contribution < -0.4 is 0 Å². The zero-order chi connectivity index (χ0) is 10.3. The molecule has 0 aliphatic heterocycles. The quantitative estimate of drug-likeness (QED) is 0.287.